The molecule has 0 N–H and O–H groups in total. The fourth-order valence-corrected chi connectivity index (χ4v) is 3.87. The molecule has 0 radical (unpaired) electrons. The fourth-order valence-electron chi connectivity index (χ4n) is 3.87. The number of nitrogens with zero attached hydrogens (tertiary/aromatic N) is 3. The lowest BCUT2D eigenvalue weighted by atomic mass is 10.0. The fraction of sp³-hybridized carbons (Fsp3) is 0.348. The third-order valence-corrected chi connectivity index (χ3v) is 5.66. The number of hydrogen-bond donors (Lipinski definition) is 0. The predicted molar refractivity (Wildman–Crippen MR) is 109 cm³/mol. The van der Waals surface area contributed by atoms with E-state index in [1.807, 2.05) is 23.1 Å². The Balaban J connectivity index is 1.28. The summed E-state index contributed by atoms with van der Waals surface area (Å²) in [6.07, 6.45) is 0.382. The summed E-state index contributed by atoms with van der Waals surface area (Å²) < 4.78 is 16.2. The normalized spacial score (nSPS) is 17.9. The van der Waals surface area contributed by atoms with Crippen molar-refractivity contribution in [3.8, 4) is 22.9 Å². The van der Waals surface area contributed by atoms with Gasteiger partial charge in [0, 0.05) is 25.1 Å². The summed E-state index contributed by atoms with van der Waals surface area (Å²) in [5.74, 6) is 2.87. The van der Waals surface area contributed by atoms with Crippen molar-refractivity contribution >= 4 is 5.91 Å². The Bertz CT molecular complexity index is 1070. The topological polar surface area (TPSA) is 77.7 Å². The van der Waals surface area contributed by atoms with Crippen molar-refractivity contribution in [3.63, 3.8) is 0 Å². The molecule has 3 heterocycles. The number of hydrogen-bond acceptors (Lipinski definition) is 6. The lowest BCUT2D eigenvalue weighted by molar-refractivity contribution is -0.128. The SMILES string of the molecule is CC(C)c1ccc(CN2CC(c3nc(-c4ccc5c(c4)OCO5)no3)CC2=O)cc1. The van der Waals surface area contributed by atoms with Gasteiger partial charge in [0.05, 0.1) is 5.92 Å². The first-order valence-corrected chi connectivity index (χ1v) is 10.2. The third-order valence-electron chi connectivity index (χ3n) is 5.66. The summed E-state index contributed by atoms with van der Waals surface area (Å²) in [6.45, 7) is 5.73. The van der Waals surface area contributed by atoms with Gasteiger partial charge in [0.1, 0.15) is 0 Å². The van der Waals surface area contributed by atoms with Gasteiger partial charge in [-0.2, -0.15) is 4.98 Å². The maximum atomic E-state index is 12.5. The number of carbonyl (C=O) groups excluding carboxylic acids is 1. The van der Waals surface area contributed by atoms with Gasteiger partial charge in [-0.15, -0.1) is 0 Å². The zero-order chi connectivity index (χ0) is 20.7. The lowest BCUT2D eigenvalue weighted by Crippen LogP contribution is -2.24. The van der Waals surface area contributed by atoms with E-state index >= 15 is 0 Å². The molecule has 2 aliphatic heterocycles. The minimum atomic E-state index is -0.0947. The largest absolute Gasteiger partial charge is 0.454 e. The molecule has 0 saturated carbocycles. The van der Waals surface area contributed by atoms with E-state index in [2.05, 4.69) is 48.3 Å². The Morgan fingerprint density at radius 1 is 1.10 bits per heavy atom. The van der Waals surface area contributed by atoms with Crippen molar-refractivity contribution < 1.29 is 18.8 Å². The van der Waals surface area contributed by atoms with Gasteiger partial charge in [-0.05, 0) is 35.2 Å². The summed E-state index contributed by atoms with van der Waals surface area (Å²) in [4.78, 5) is 19.0. The molecule has 7 heteroatoms. The van der Waals surface area contributed by atoms with E-state index in [1.165, 1.54) is 5.56 Å². The van der Waals surface area contributed by atoms with E-state index in [9.17, 15) is 4.79 Å². The van der Waals surface area contributed by atoms with E-state index in [0.717, 1.165) is 11.1 Å². The van der Waals surface area contributed by atoms with Crippen LogP contribution in [0.3, 0.4) is 0 Å². The van der Waals surface area contributed by atoms with Crippen molar-refractivity contribution in [3.05, 3.63) is 59.5 Å². The molecule has 3 aromatic rings. The highest BCUT2D eigenvalue weighted by atomic mass is 16.7. The summed E-state index contributed by atoms with van der Waals surface area (Å²) >= 11 is 0. The van der Waals surface area contributed by atoms with Gasteiger partial charge in [-0.1, -0.05) is 43.3 Å². The van der Waals surface area contributed by atoms with Crippen molar-refractivity contribution in [1.82, 2.24) is 15.0 Å². The molecule has 2 aliphatic rings. The molecule has 1 unspecified atom stereocenters. The minimum absolute atomic E-state index is 0.0947. The Kier molecular flexibility index (Phi) is 4.65. The van der Waals surface area contributed by atoms with Crippen molar-refractivity contribution in [2.24, 2.45) is 0 Å². The zero-order valence-corrected chi connectivity index (χ0v) is 17.0. The number of aromatic nitrogens is 2. The number of likely N-dealkylation sites (tertiary alicyclic amines) is 1. The van der Waals surface area contributed by atoms with Crippen LogP contribution in [-0.4, -0.2) is 34.3 Å². The van der Waals surface area contributed by atoms with Gasteiger partial charge in [-0.3, -0.25) is 4.79 Å². The smallest absolute Gasteiger partial charge is 0.232 e. The van der Waals surface area contributed by atoms with Gasteiger partial charge in [0.2, 0.25) is 24.4 Å². The summed E-state index contributed by atoms with van der Waals surface area (Å²) in [5, 5.41) is 4.10. The first-order valence-electron chi connectivity index (χ1n) is 10.2. The highest BCUT2D eigenvalue weighted by Crippen LogP contribution is 2.36. The Labute approximate surface area is 174 Å². The second-order valence-electron chi connectivity index (χ2n) is 8.10. The number of benzene rings is 2. The van der Waals surface area contributed by atoms with Crippen LogP contribution >= 0.6 is 0 Å². The quantitative estimate of drug-likeness (QED) is 0.636. The van der Waals surface area contributed by atoms with Gasteiger partial charge < -0.3 is 18.9 Å². The van der Waals surface area contributed by atoms with E-state index < -0.39 is 0 Å². The maximum absolute atomic E-state index is 12.5. The molecule has 1 saturated heterocycles. The molecule has 0 aliphatic carbocycles. The Morgan fingerprint density at radius 2 is 1.90 bits per heavy atom. The van der Waals surface area contributed by atoms with Crippen LogP contribution in [0.15, 0.2) is 47.0 Å². The molecule has 1 atom stereocenters. The van der Waals surface area contributed by atoms with Crippen molar-refractivity contribution in [1.29, 1.82) is 0 Å². The van der Waals surface area contributed by atoms with E-state index in [4.69, 9.17) is 14.0 Å². The molecule has 1 amide bonds. The predicted octanol–water partition coefficient (Wildman–Crippen LogP) is 4.10. The van der Waals surface area contributed by atoms with Crippen LogP contribution in [0.25, 0.3) is 11.4 Å². The zero-order valence-electron chi connectivity index (χ0n) is 17.0. The van der Waals surface area contributed by atoms with Crippen LogP contribution in [0.5, 0.6) is 11.5 Å². The number of fused-ring (bicyclic) bond motifs is 1. The number of amides is 1. The third kappa shape index (κ3) is 3.51. The van der Waals surface area contributed by atoms with Gasteiger partial charge >= 0.3 is 0 Å². The summed E-state index contributed by atoms with van der Waals surface area (Å²) in [6, 6.07) is 14.0. The first-order chi connectivity index (χ1) is 14.6. The van der Waals surface area contributed by atoms with E-state index in [0.29, 0.717) is 48.6 Å². The van der Waals surface area contributed by atoms with Crippen LogP contribution in [0.2, 0.25) is 0 Å². The Morgan fingerprint density at radius 3 is 2.70 bits per heavy atom. The minimum Gasteiger partial charge on any atom is -0.454 e. The molecule has 1 aromatic heterocycles. The molecule has 154 valence electrons. The second kappa shape index (κ2) is 7.48. The average molecular weight is 405 g/mol. The summed E-state index contributed by atoms with van der Waals surface area (Å²) in [5.41, 5.74) is 3.21. The highest BCUT2D eigenvalue weighted by molar-refractivity contribution is 5.79. The number of rotatable bonds is 5. The monoisotopic (exact) mass is 405 g/mol. The molecule has 7 nitrogen and oxygen atoms in total. The molecular weight excluding hydrogens is 382 g/mol. The van der Waals surface area contributed by atoms with Crippen LogP contribution < -0.4 is 9.47 Å². The molecular formula is C23H23N3O4. The van der Waals surface area contributed by atoms with Gasteiger partial charge in [-0.25, -0.2) is 0 Å². The number of ether oxygens (including phenoxy) is 2. The lowest BCUT2D eigenvalue weighted by Gasteiger charge is -2.16. The molecule has 1 fully saturated rings. The first kappa shape index (κ1) is 18.7. The second-order valence-corrected chi connectivity index (χ2v) is 8.10. The van der Waals surface area contributed by atoms with Crippen molar-refractivity contribution in [2.75, 3.05) is 13.3 Å². The van der Waals surface area contributed by atoms with Crippen LogP contribution in [-0.2, 0) is 11.3 Å². The number of carbonyl (C=O) groups is 1. The van der Waals surface area contributed by atoms with Crippen LogP contribution in [0.4, 0.5) is 0 Å². The molecule has 5 rings (SSSR count). The standard InChI is InChI=1S/C23H23N3O4/c1-14(2)16-5-3-15(4-6-16)11-26-12-18(10-21(26)27)23-24-22(25-30-23)17-7-8-19-20(9-17)29-13-28-19/h3-9,14,18H,10-13H2,1-2H3. The van der Waals surface area contributed by atoms with Crippen LogP contribution in [0, 0.1) is 0 Å². The van der Waals surface area contributed by atoms with E-state index in [-0.39, 0.29) is 18.6 Å². The molecule has 30 heavy (non-hydrogen) atoms. The molecule has 2 aromatic carbocycles. The molecule has 0 bridgehead atoms. The van der Waals surface area contributed by atoms with Crippen molar-refractivity contribution in [2.45, 2.75) is 38.6 Å². The average Bonchev–Trinajstić information content (AvgIpc) is 3.48. The molecule has 0 spiro atoms. The maximum Gasteiger partial charge on any atom is 0.232 e. The highest BCUT2D eigenvalue weighted by Gasteiger charge is 2.34. The van der Waals surface area contributed by atoms with Gasteiger partial charge in [0.25, 0.3) is 0 Å². The van der Waals surface area contributed by atoms with Crippen LogP contribution in [0.1, 0.15) is 49.1 Å². The summed E-state index contributed by atoms with van der Waals surface area (Å²) in [7, 11) is 0. The Hall–Kier alpha value is -3.35. The van der Waals surface area contributed by atoms with Gasteiger partial charge in [0.15, 0.2) is 11.5 Å². The van der Waals surface area contributed by atoms with E-state index in [1.54, 1.807) is 0 Å².